The number of aromatic nitrogens is 2. The third-order valence-corrected chi connectivity index (χ3v) is 6.37. The molecule has 32 heavy (non-hydrogen) atoms. The van der Waals surface area contributed by atoms with Crippen LogP contribution in [0.5, 0.6) is 0 Å². The Hall–Kier alpha value is -3.25. The number of anilines is 1. The van der Waals surface area contributed by atoms with Crippen LogP contribution in [0, 0.1) is 5.92 Å². The highest BCUT2D eigenvalue weighted by molar-refractivity contribution is 7.89. The smallest absolute Gasteiger partial charge is 0.321 e. The van der Waals surface area contributed by atoms with Gasteiger partial charge in [-0.2, -0.15) is 9.82 Å². The molecule has 2 aromatic rings. The molecule has 172 valence electrons. The van der Waals surface area contributed by atoms with E-state index in [0.29, 0.717) is 25.9 Å². The van der Waals surface area contributed by atoms with Crippen LogP contribution in [0.1, 0.15) is 12.8 Å². The van der Waals surface area contributed by atoms with E-state index < -0.39 is 35.1 Å². The van der Waals surface area contributed by atoms with E-state index in [1.165, 1.54) is 15.8 Å². The van der Waals surface area contributed by atoms with E-state index in [2.05, 4.69) is 15.1 Å². The Kier molecular flexibility index (Phi) is 7.59. The number of para-hydroxylation sites is 1. The van der Waals surface area contributed by atoms with E-state index in [0.717, 1.165) is 11.9 Å². The number of sulfonamides is 1. The van der Waals surface area contributed by atoms with Crippen molar-refractivity contribution >= 4 is 33.5 Å². The number of rotatable bonds is 8. The fraction of sp³-hybridized carbons (Fsp3) is 0.400. The van der Waals surface area contributed by atoms with Crippen molar-refractivity contribution in [3.8, 4) is 0 Å². The quantitative estimate of drug-likeness (QED) is 0.530. The minimum atomic E-state index is -3.90. The van der Waals surface area contributed by atoms with E-state index in [-0.39, 0.29) is 16.7 Å². The van der Waals surface area contributed by atoms with Crippen molar-refractivity contribution in [2.75, 3.05) is 31.6 Å². The number of carbonyl (C=O) groups is 3. The molecule has 0 bridgehead atoms. The lowest BCUT2D eigenvalue weighted by Gasteiger charge is -2.31. The normalized spacial score (nSPS) is 14.7. The first-order valence-corrected chi connectivity index (χ1v) is 11.5. The zero-order chi connectivity index (χ0) is 23.1. The second kappa shape index (κ2) is 10.4. The molecule has 2 amide bonds. The first-order valence-electron chi connectivity index (χ1n) is 10.0. The van der Waals surface area contributed by atoms with E-state index in [1.54, 1.807) is 7.05 Å². The van der Waals surface area contributed by atoms with Gasteiger partial charge in [-0.15, -0.1) is 0 Å². The maximum absolute atomic E-state index is 12.4. The number of benzene rings is 1. The van der Waals surface area contributed by atoms with Crippen LogP contribution in [0.4, 0.5) is 5.69 Å². The largest absolute Gasteiger partial charge is 0.455 e. The minimum absolute atomic E-state index is 0.0805. The molecule has 2 heterocycles. The van der Waals surface area contributed by atoms with Crippen LogP contribution < -0.4 is 10.0 Å². The number of carbonyl (C=O) groups excluding carboxylic acids is 3. The van der Waals surface area contributed by atoms with Crippen molar-refractivity contribution < 1.29 is 27.5 Å². The van der Waals surface area contributed by atoms with Gasteiger partial charge in [-0.25, -0.2) is 8.42 Å². The van der Waals surface area contributed by atoms with Gasteiger partial charge in [0.2, 0.25) is 15.9 Å². The molecule has 2 N–H and O–H groups in total. The lowest BCUT2D eigenvalue weighted by atomic mass is 9.95. The van der Waals surface area contributed by atoms with E-state index >= 15 is 0 Å². The monoisotopic (exact) mass is 463 g/mol. The number of nitrogens with zero attached hydrogens (tertiary/aromatic N) is 3. The van der Waals surface area contributed by atoms with Gasteiger partial charge in [0.1, 0.15) is 11.4 Å². The Morgan fingerprint density at radius 2 is 1.84 bits per heavy atom. The topological polar surface area (TPSA) is 140 Å². The van der Waals surface area contributed by atoms with Crippen LogP contribution in [0.2, 0.25) is 0 Å². The van der Waals surface area contributed by atoms with Crippen molar-refractivity contribution in [3.05, 3.63) is 42.7 Å². The van der Waals surface area contributed by atoms with Gasteiger partial charge in [-0.1, -0.05) is 18.2 Å². The molecule has 1 aliphatic heterocycles. The van der Waals surface area contributed by atoms with Gasteiger partial charge in [-0.05, 0) is 25.0 Å². The summed E-state index contributed by atoms with van der Waals surface area (Å²) < 4.78 is 32.4. The molecular formula is C20H25N5O6S. The highest BCUT2D eigenvalue weighted by Crippen LogP contribution is 2.19. The maximum atomic E-state index is 12.4. The van der Waals surface area contributed by atoms with Crippen molar-refractivity contribution in [2.45, 2.75) is 17.7 Å². The Labute approximate surface area is 185 Å². The van der Waals surface area contributed by atoms with Gasteiger partial charge in [-0.3, -0.25) is 19.1 Å². The van der Waals surface area contributed by atoms with Gasteiger partial charge < -0.3 is 15.0 Å². The third-order valence-electron chi connectivity index (χ3n) is 5.01. The molecule has 1 fully saturated rings. The summed E-state index contributed by atoms with van der Waals surface area (Å²) in [7, 11) is -2.33. The average molecular weight is 464 g/mol. The summed E-state index contributed by atoms with van der Waals surface area (Å²) in [6.07, 6.45) is 3.45. The van der Waals surface area contributed by atoms with E-state index in [9.17, 15) is 22.8 Å². The van der Waals surface area contributed by atoms with Crippen LogP contribution in [0.25, 0.3) is 0 Å². The number of ether oxygens (including phenoxy) is 1. The third kappa shape index (κ3) is 6.37. The molecular weight excluding hydrogens is 438 g/mol. The molecule has 11 nitrogen and oxygen atoms in total. The fourth-order valence-corrected chi connectivity index (χ4v) is 4.17. The van der Waals surface area contributed by atoms with Gasteiger partial charge in [0.25, 0.3) is 5.91 Å². The van der Waals surface area contributed by atoms with Crippen LogP contribution in [-0.2, 0) is 36.2 Å². The molecule has 0 spiro atoms. The lowest BCUT2D eigenvalue weighted by Crippen LogP contribution is -2.43. The molecule has 0 radical (unpaired) electrons. The first-order chi connectivity index (χ1) is 15.2. The van der Waals surface area contributed by atoms with Crippen LogP contribution in [-0.4, -0.2) is 67.1 Å². The first kappa shape index (κ1) is 23.4. The number of hydrogen-bond donors (Lipinski definition) is 2. The summed E-state index contributed by atoms with van der Waals surface area (Å²) >= 11 is 0. The summed E-state index contributed by atoms with van der Waals surface area (Å²) in [4.78, 5) is 37.9. The Balaban J connectivity index is 1.37. The Morgan fingerprint density at radius 1 is 1.16 bits per heavy atom. The molecule has 1 aliphatic rings. The highest BCUT2D eigenvalue weighted by Gasteiger charge is 2.28. The molecule has 0 unspecified atom stereocenters. The van der Waals surface area contributed by atoms with E-state index in [4.69, 9.17) is 4.74 Å². The standard InChI is InChI=1S/C20H25N5O6S/c1-24-13-17(11-21-24)32(29,30)22-12-19(27)31-14-18(26)25-9-7-15(8-10-25)20(28)23-16-5-3-2-4-6-16/h2-6,11,13,15,22H,7-10,12,14H2,1H3,(H,23,28). The summed E-state index contributed by atoms with van der Waals surface area (Å²) in [6, 6.07) is 9.15. The second-order valence-corrected chi connectivity index (χ2v) is 9.11. The van der Waals surface area contributed by atoms with Crippen molar-refractivity contribution in [2.24, 2.45) is 13.0 Å². The summed E-state index contributed by atoms with van der Waals surface area (Å²) in [6.45, 7) is -0.353. The van der Waals surface area contributed by atoms with Gasteiger partial charge >= 0.3 is 5.97 Å². The fourth-order valence-electron chi connectivity index (χ4n) is 3.22. The lowest BCUT2D eigenvalue weighted by molar-refractivity contribution is -0.151. The molecule has 1 aromatic carbocycles. The predicted molar refractivity (Wildman–Crippen MR) is 114 cm³/mol. The van der Waals surface area contributed by atoms with Crippen molar-refractivity contribution in [1.29, 1.82) is 0 Å². The summed E-state index contributed by atoms with van der Waals surface area (Å²) in [5, 5.41) is 6.63. The number of likely N-dealkylation sites (tertiary alicyclic amines) is 1. The SMILES string of the molecule is Cn1cc(S(=O)(=O)NCC(=O)OCC(=O)N2CCC(C(=O)Nc3ccccc3)CC2)cn1. The molecule has 0 aliphatic carbocycles. The average Bonchev–Trinajstić information content (AvgIpc) is 3.24. The van der Waals surface area contributed by atoms with Crippen LogP contribution in [0.15, 0.2) is 47.6 Å². The number of esters is 1. The second-order valence-electron chi connectivity index (χ2n) is 7.35. The molecule has 1 saturated heterocycles. The zero-order valence-electron chi connectivity index (χ0n) is 17.6. The van der Waals surface area contributed by atoms with E-state index in [1.807, 2.05) is 30.3 Å². The number of aryl methyl sites for hydroxylation is 1. The Morgan fingerprint density at radius 3 is 2.47 bits per heavy atom. The molecule has 12 heteroatoms. The van der Waals surface area contributed by atoms with Gasteiger partial charge in [0, 0.05) is 37.9 Å². The maximum Gasteiger partial charge on any atom is 0.321 e. The van der Waals surface area contributed by atoms with Gasteiger partial charge in [0.05, 0.1) is 6.20 Å². The van der Waals surface area contributed by atoms with Crippen molar-refractivity contribution in [3.63, 3.8) is 0 Å². The van der Waals surface area contributed by atoms with Crippen molar-refractivity contribution in [1.82, 2.24) is 19.4 Å². The number of piperidine rings is 1. The molecule has 0 saturated carbocycles. The Bertz CT molecular complexity index is 1060. The van der Waals surface area contributed by atoms with Crippen LogP contribution in [0.3, 0.4) is 0 Å². The number of hydrogen-bond acceptors (Lipinski definition) is 7. The molecule has 0 atom stereocenters. The predicted octanol–water partition coefficient (Wildman–Crippen LogP) is 0.119. The minimum Gasteiger partial charge on any atom is -0.455 e. The molecule has 3 rings (SSSR count). The summed E-state index contributed by atoms with van der Waals surface area (Å²) in [5.74, 6) is -1.56. The highest BCUT2D eigenvalue weighted by atomic mass is 32.2. The zero-order valence-corrected chi connectivity index (χ0v) is 18.4. The summed E-state index contributed by atoms with van der Waals surface area (Å²) in [5.41, 5.74) is 0.724. The van der Waals surface area contributed by atoms with Gasteiger partial charge in [0.15, 0.2) is 6.61 Å². The number of amides is 2. The molecule has 1 aromatic heterocycles. The van der Waals surface area contributed by atoms with Crippen LogP contribution >= 0.6 is 0 Å². The number of nitrogens with one attached hydrogen (secondary N) is 2.